The monoisotopic (exact) mass is 283 g/mol. The van der Waals surface area contributed by atoms with Gasteiger partial charge in [0.2, 0.25) is 0 Å². The Kier molecular flexibility index (Phi) is 4.15. The summed E-state index contributed by atoms with van der Waals surface area (Å²) in [6, 6.07) is 10.0. The first-order valence-corrected chi connectivity index (χ1v) is 7.58. The van der Waals surface area contributed by atoms with Crippen molar-refractivity contribution in [1.29, 1.82) is 0 Å². The molecule has 1 atom stereocenters. The molecular weight excluding hydrogens is 262 g/mol. The van der Waals surface area contributed by atoms with E-state index in [4.69, 9.17) is 0 Å². The van der Waals surface area contributed by atoms with Crippen molar-refractivity contribution >= 4 is 16.8 Å². The number of hydrogen-bond acceptors (Lipinski definition) is 3. The van der Waals surface area contributed by atoms with Crippen molar-refractivity contribution in [2.45, 2.75) is 25.3 Å². The fraction of sp³-hybridized carbons (Fsp3) is 0.412. The second-order valence-corrected chi connectivity index (χ2v) is 5.74. The maximum absolute atomic E-state index is 12.5. The number of pyridine rings is 1. The van der Waals surface area contributed by atoms with Crippen LogP contribution in [0.15, 0.2) is 36.5 Å². The minimum absolute atomic E-state index is 0.0770. The molecule has 4 heteroatoms. The van der Waals surface area contributed by atoms with Crippen molar-refractivity contribution in [3.05, 3.63) is 42.1 Å². The van der Waals surface area contributed by atoms with Crippen LogP contribution in [0, 0.1) is 0 Å². The molecule has 0 aliphatic carbocycles. The van der Waals surface area contributed by atoms with Crippen LogP contribution < -0.4 is 5.32 Å². The number of benzene rings is 1. The van der Waals surface area contributed by atoms with Gasteiger partial charge in [0.05, 0.1) is 5.52 Å². The van der Waals surface area contributed by atoms with Crippen molar-refractivity contribution in [3.8, 4) is 0 Å². The van der Waals surface area contributed by atoms with Crippen LogP contribution in [0.1, 0.15) is 29.6 Å². The standard InChI is InChI=1S/C17H21N3O/c1-20(12-15-6-2-3-9-18-15)17(21)14-7-8-16-13(11-14)5-4-10-19-16/h4-5,7-8,10-11,15,18H,2-3,6,9,12H2,1H3. The highest BCUT2D eigenvalue weighted by atomic mass is 16.2. The van der Waals surface area contributed by atoms with Gasteiger partial charge in [-0.25, -0.2) is 0 Å². The number of rotatable bonds is 3. The zero-order valence-electron chi connectivity index (χ0n) is 12.4. The van der Waals surface area contributed by atoms with Gasteiger partial charge in [-0.05, 0) is 43.7 Å². The lowest BCUT2D eigenvalue weighted by atomic mass is 10.0. The summed E-state index contributed by atoms with van der Waals surface area (Å²) in [5, 5.41) is 4.49. The highest BCUT2D eigenvalue weighted by Gasteiger charge is 2.18. The van der Waals surface area contributed by atoms with Gasteiger partial charge in [0.1, 0.15) is 0 Å². The van der Waals surface area contributed by atoms with E-state index < -0.39 is 0 Å². The van der Waals surface area contributed by atoms with E-state index in [1.54, 1.807) is 6.20 Å². The van der Waals surface area contributed by atoms with Gasteiger partial charge in [-0.1, -0.05) is 12.5 Å². The van der Waals surface area contributed by atoms with Gasteiger partial charge in [0.25, 0.3) is 5.91 Å². The molecule has 1 fully saturated rings. The average molecular weight is 283 g/mol. The van der Waals surface area contributed by atoms with Crippen LogP contribution >= 0.6 is 0 Å². The Hall–Kier alpha value is -1.94. The number of piperidine rings is 1. The van der Waals surface area contributed by atoms with Crippen LogP contribution in [0.2, 0.25) is 0 Å². The molecule has 0 saturated carbocycles. The highest BCUT2D eigenvalue weighted by molar-refractivity contribution is 5.97. The van der Waals surface area contributed by atoms with Crippen LogP contribution in [0.25, 0.3) is 10.9 Å². The minimum atomic E-state index is 0.0770. The van der Waals surface area contributed by atoms with E-state index in [1.165, 1.54) is 12.8 Å². The fourth-order valence-electron chi connectivity index (χ4n) is 2.92. The van der Waals surface area contributed by atoms with Crippen LogP contribution in [-0.4, -0.2) is 42.0 Å². The first kappa shape index (κ1) is 14.0. The van der Waals surface area contributed by atoms with E-state index in [0.717, 1.165) is 36.0 Å². The molecular formula is C17H21N3O. The Morgan fingerprint density at radius 3 is 3.10 bits per heavy atom. The summed E-state index contributed by atoms with van der Waals surface area (Å²) in [6.07, 6.45) is 5.41. The number of aromatic nitrogens is 1. The molecule has 0 bridgehead atoms. The molecule has 0 spiro atoms. The van der Waals surface area contributed by atoms with E-state index in [0.29, 0.717) is 6.04 Å². The zero-order chi connectivity index (χ0) is 14.7. The summed E-state index contributed by atoms with van der Waals surface area (Å²) in [4.78, 5) is 18.6. The van der Waals surface area contributed by atoms with E-state index in [2.05, 4.69) is 10.3 Å². The summed E-state index contributed by atoms with van der Waals surface area (Å²) in [5.41, 5.74) is 1.65. The average Bonchev–Trinajstić information content (AvgIpc) is 2.54. The SMILES string of the molecule is CN(CC1CCCCN1)C(=O)c1ccc2ncccc2c1. The molecule has 1 aliphatic rings. The molecule has 2 heterocycles. The van der Waals surface area contributed by atoms with Gasteiger partial charge < -0.3 is 10.2 Å². The molecule has 3 rings (SSSR count). The molecule has 4 nitrogen and oxygen atoms in total. The smallest absolute Gasteiger partial charge is 0.253 e. The number of fused-ring (bicyclic) bond motifs is 1. The number of hydrogen-bond donors (Lipinski definition) is 1. The molecule has 110 valence electrons. The first-order chi connectivity index (χ1) is 10.2. The normalized spacial score (nSPS) is 18.6. The lowest BCUT2D eigenvalue weighted by Gasteiger charge is -2.28. The van der Waals surface area contributed by atoms with Crippen LogP contribution in [-0.2, 0) is 0 Å². The summed E-state index contributed by atoms with van der Waals surface area (Å²) >= 11 is 0. The molecule has 0 radical (unpaired) electrons. The lowest BCUT2D eigenvalue weighted by molar-refractivity contribution is 0.0775. The maximum Gasteiger partial charge on any atom is 0.253 e. The second kappa shape index (κ2) is 6.22. The Morgan fingerprint density at radius 2 is 2.29 bits per heavy atom. The largest absolute Gasteiger partial charge is 0.340 e. The summed E-state index contributed by atoms with van der Waals surface area (Å²) in [7, 11) is 1.88. The third-order valence-electron chi connectivity index (χ3n) is 4.10. The predicted molar refractivity (Wildman–Crippen MR) is 84.3 cm³/mol. The number of carbonyl (C=O) groups excluding carboxylic acids is 1. The molecule has 1 aromatic heterocycles. The number of likely N-dealkylation sites (N-methyl/N-ethyl adjacent to an activating group) is 1. The summed E-state index contributed by atoms with van der Waals surface area (Å²) in [6.45, 7) is 1.83. The lowest BCUT2D eigenvalue weighted by Crippen LogP contribution is -2.44. The van der Waals surface area contributed by atoms with Crippen molar-refractivity contribution in [2.75, 3.05) is 20.1 Å². The quantitative estimate of drug-likeness (QED) is 0.941. The van der Waals surface area contributed by atoms with E-state index in [9.17, 15) is 4.79 Å². The van der Waals surface area contributed by atoms with Crippen LogP contribution in [0.4, 0.5) is 0 Å². The first-order valence-electron chi connectivity index (χ1n) is 7.58. The Morgan fingerprint density at radius 1 is 1.38 bits per heavy atom. The molecule has 1 amide bonds. The van der Waals surface area contributed by atoms with Gasteiger partial charge >= 0.3 is 0 Å². The molecule has 21 heavy (non-hydrogen) atoms. The van der Waals surface area contributed by atoms with Crippen molar-refractivity contribution in [2.24, 2.45) is 0 Å². The van der Waals surface area contributed by atoms with Crippen molar-refractivity contribution < 1.29 is 4.79 Å². The second-order valence-electron chi connectivity index (χ2n) is 5.74. The number of amides is 1. The van der Waals surface area contributed by atoms with Gasteiger partial charge in [0.15, 0.2) is 0 Å². The molecule has 1 unspecified atom stereocenters. The topological polar surface area (TPSA) is 45.2 Å². The van der Waals surface area contributed by atoms with Gasteiger partial charge in [-0.2, -0.15) is 0 Å². The predicted octanol–water partition coefficient (Wildman–Crippen LogP) is 2.45. The van der Waals surface area contributed by atoms with Crippen LogP contribution in [0.5, 0.6) is 0 Å². The van der Waals surface area contributed by atoms with E-state index in [1.807, 2.05) is 42.3 Å². The van der Waals surface area contributed by atoms with E-state index in [-0.39, 0.29) is 5.91 Å². The number of nitrogens with zero attached hydrogens (tertiary/aromatic N) is 2. The molecule has 1 aliphatic heterocycles. The third kappa shape index (κ3) is 3.22. The molecule has 1 aromatic carbocycles. The number of carbonyl (C=O) groups is 1. The Bertz CT molecular complexity index is 635. The molecule has 2 aromatic rings. The zero-order valence-corrected chi connectivity index (χ0v) is 12.4. The van der Waals surface area contributed by atoms with Crippen LogP contribution in [0.3, 0.4) is 0 Å². The summed E-state index contributed by atoms with van der Waals surface area (Å²) < 4.78 is 0. The van der Waals surface area contributed by atoms with Crippen molar-refractivity contribution in [1.82, 2.24) is 15.2 Å². The van der Waals surface area contributed by atoms with E-state index >= 15 is 0 Å². The van der Waals surface area contributed by atoms with Gasteiger partial charge in [0, 0.05) is 36.8 Å². The Balaban J connectivity index is 1.72. The molecule has 1 N–H and O–H groups in total. The van der Waals surface area contributed by atoms with Gasteiger partial charge in [-0.15, -0.1) is 0 Å². The fourth-order valence-corrected chi connectivity index (χ4v) is 2.92. The van der Waals surface area contributed by atoms with Crippen molar-refractivity contribution in [3.63, 3.8) is 0 Å². The maximum atomic E-state index is 12.5. The highest BCUT2D eigenvalue weighted by Crippen LogP contribution is 2.15. The Labute approximate surface area is 125 Å². The molecule has 1 saturated heterocycles. The van der Waals surface area contributed by atoms with Gasteiger partial charge in [-0.3, -0.25) is 9.78 Å². The summed E-state index contributed by atoms with van der Waals surface area (Å²) in [5.74, 6) is 0.0770. The number of nitrogens with one attached hydrogen (secondary N) is 1. The third-order valence-corrected chi connectivity index (χ3v) is 4.10. The minimum Gasteiger partial charge on any atom is -0.340 e.